The molecule has 114 valence electrons. The number of carbonyl (C=O) groups excluding carboxylic acids is 3. The molecular formula is C16H17N3O3. The topological polar surface area (TPSA) is 78.5 Å². The van der Waals surface area contributed by atoms with Gasteiger partial charge in [-0.3, -0.25) is 14.9 Å². The van der Waals surface area contributed by atoms with Gasteiger partial charge in [-0.25, -0.2) is 4.79 Å². The predicted octanol–water partition coefficient (Wildman–Crippen LogP) is 0.900. The third-order valence-corrected chi connectivity index (χ3v) is 4.16. The Labute approximate surface area is 128 Å². The average molecular weight is 299 g/mol. The summed E-state index contributed by atoms with van der Waals surface area (Å²) in [7, 11) is 0. The molecule has 6 nitrogen and oxygen atoms in total. The van der Waals surface area contributed by atoms with Gasteiger partial charge in [-0.2, -0.15) is 0 Å². The Morgan fingerprint density at radius 2 is 1.82 bits per heavy atom. The summed E-state index contributed by atoms with van der Waals surface area (Å²) in [5.74, 6) is -0.368. The van der Waals surface area contributed by atoms with Crippen molar-refractivity contribution in [3.05, 3.63) is 42.0 Å². The van der Waals surface area contributed by atoms with Crippen LogP contribution < -0.4 is 10.6 Å². The highest BCUT2D eigenvalue weighted by Crippen LogP contribution is 2.25. The fourth-order valence-electron chi connectivity index (χ4n) is 2.83. The number of nitrogens with zero attached hydrogens (tertiary/aromatic N) is 1. The van der Waals surface area contributed by atoms with E-state index in [0.717, 1.165) is 5.56 Å². The molecule has 6 heteroatoms. The quantitative estimate of drug-likeness (QED) is 0.629. The number of piperidine rings is 1. The normalized spacial score (nSPS) is 20.3. The van der Waals surface area contributed by atoms with Gasteiger partial charge in [-0.15, -0.1) is 0 Å². The number of hydrogen-bond acceptors (Lipinski definition) is 3. The van der Waals surface area contributed by atoms with Gasteiger partial charge in [0.1, 0.15) is 5.54 Å². The molecule has 2 saturated heterocycles. The number of benzene rings is 1. The lowest BCUT2D eigenvalue weighted by atomic mass is 9.87. The Hall–Kier alpha value is -2.63. The van der Waals surface area contributed by atoms with Crippen molar-refractivity contribution in [3.63, 3.8) is 0 Å². The first-order valence-corrected chi connectivity index (χ1v) is 7.25. The Bertz CT molecular complexity index is 631. The molecule has 2 aliphatic rings. The average Bonchev–Trinajstić information content (AvgIpc) is 2.80. The highest BCUT2D eigenvalue weighted by molar-refractivity contribution is 6.07. The van der Waals surface area contributed by atoms with Gasteiger partial charge in [-0.05, 0) is 24.5 Å². The molecule has 4 amide bonds. The van der Waals surface area contributed by atoms with E-state index in [9.17, 15) is 14.4 Å². The largest absolute Gasteiger partial charge is 0.339 e. The zero-order chi connectivity index (χ0) is 15.6. The van der Waals surface area contributed by atoms with Gasteiger partial charge in [0.05, 0.1) is 0 Å². The molecule has 2 heterocycles. The summed E-state index contributed by atoms with van der Waals surface area (Å²) >= 11 is 0. The van der Waals surface area contributed by atoms with E-state index in [0.29, 0.717) is 25.9 Å². The SMILES string of the molecule is O=C1NC(=O)C2(CCN(C(=O)/C=C/c3ccccc3)CC2)N1. The van der Waals surface area contributed by atoms with Crippen LogP contribution in [0.3, 0.4) is 0 Å². The van der Waals surface area contributed by atoms with Crippen LogP contribution in [0.15, 0.2) is 36.4 Å². The summed E-state index contributed by atoms with van der Waals surface area (Å²) in [5.41, 5.74) is 0.128. The molecule has 0 unspecified atom stereocenters. The standard InChI is InChI=1S/C16H17N3O3/c20-13(7-6-12-4-2-1-3-5-12)19-10-8-16(9-11-19)14(21)17-15(22)18-16/h1-7H,8-11H2,(H2,17,18,21,22)/b7-6+. The van der Waals surface area contributed by atoms with E-state index >= 15 is 0 Å². The summed E-state index contributed by atoms with van der Waals surface area (Å²) in [4.78, 5) is 37.0. The van der Waals surface area contributed by atoms with Crippen molar-refractivity contribution in [1.29, 1.82) is 0 Å². The smallest absolute Gasteiger partial charge is 0.322 e. The first-order valence-electron chi connectivity index (χ1n) is 7.25. The van der Waals surface area contributed by atoms with Crippen molar-refractivity contribution in [2.75, 3.05) is 13.1 Å². The molecule has 0 aromatic heterocycles. The number of hydrogen-bond donors (Lipinski definition) is 2. The maximum Gasteiger partial charge on any atom is 0.322 e. The molecule has 0 saturated carbocycles. The van der Waals surface area contributed by atoms with E-state index < -0.39 is 11.6 Å². The minimum Gasteiger partial charge on any atom is -0.339 e. The predicted molar refractivity (Wildman–Crippen MR) is 80.7 cm³/mol. The first-order chi connectivity index (χ1) is 10.6. The van der Waals surface area contributed by atoms with Crippen molar-refractivity contribution >= 4 is 23.9 Å². The molecular weight excluding hydrogens is 282 g/mol. The van der Waals surface area contributed by atoms with E-state index in [2.05, 4.69) is 10.6 Å². The second kappa shape index (κ2) is 5.63. The Morgan fingerprint density at radius 1 is 1.14 bits per heavy atom. The summed E-state index contributed by atoms with van der Waals surface area (Å²) in [6.45, 7) is 0.900. The van der Waals surface area contributed by atoms with E-state index in [1.807, 2.05) is 30.3 Å². The molecule has 0 radical (unpaired) electrons. The molecule has 2 N–H and O–H groups in total. The van der Waals surface area contributed by atoms with Gasteiger partial charge in [0, 0.05) is 19.2 Å². The van der Waals surface area contributed by atoms with Gasteiger partial charge < -0.3 is 10.2 Å². The lowest BCUT2D eigenvalue weighted by Crippen LogP contribution is -2.55. The van der Waals surface area contributed by atoms with Gasteiger partial charge >= 0.3 is 6.03 Å². The van der Waals surface area contributed by atoms with Crippen LogP contribution in [-0.4, -0.2) is 41.4 Å². The van der Waals surface area contributed by atoms with Gasteiger partial charge in [0.2, 0.25) is 5.91 Å². The number of imide groups is 1. The summed E-state index contributed by atoms with van der Waals surface area (Å²) in [6.07, 6.45) is 4.20. The fraction of sp³-hybridized carbons (Fsp3) is 0.312. The minimum atomic E-state index is -0.836. The van der Waals surface area contributed by atoms with E-state index in [1.54, 1.807) is 17.1 Å². The van der Waals surface area contributed by atoms with Crippen molar-refractivity contribution < 1.29 is 14.4 Å². The number of nitrogens with one attached hydrogen (secondary N) is 2. The van der Waals surface area contributed by atoms with Gasteiger partial charge in [0.15, 0.2) is 0 Å². The Kier molecular flexibility index (Phi) is 3.66. The monoisotopic (exact) mass is 299 g/mol. The van der Waals surface area contributed by atoms with Crippen molar-refractivity contribution in [2.24, 2.45) is 0 Å². The van der Waals surface area contributed by atoms with Crippen LogP contribution in [0.2, 0.25) is 0 Å². The highest BCUT2D eigenvalue weighted by atomic mass is 16.2. The van der Waals surface area contributed by atoms with Gasteiger partial charge in [-0.1, -0.05) is 30.3 Å². The number of carbonyl (C=O) groups is 3. The van der Waals surface area contributed by atoms with Crippen LogP contribution in [0.5, 0.6) is 0 Å². The van der Waals surface area contributed by atoms with Crippen LogP contribution in [0.4, 0.5) is 4.79 Å². The van der Waals surface area contributed by atoms with Crippen molar-refractivity contribution in [1.82, 2.24) is 15.5 Å². The molecule has 1 aromatic rings. The number of urea groups is 1. The molecule has 22 heavy (non-hydrogen) atoms. The zero-order valence-electron chi connectivity index (χ0n) is 12.0. The van der Waals surface area contributed by atoms with Crippen LogP contribution in [0.25, 0.3) is 6.08 Å². The Morgan fingerprint density at radius 3 is 2.41 bits per heavy atom. The molecule has 2 aliphatic heterocycles. The van der Waals surface area contributed by atoms with E-state index in [1.165, 1.54) is 0 Å². The Balaban J connectivity index is 1.60. The zero-order valence-corrected chi connectivity index (χ0v) is 12.0. The maximum atomic E-state index is 12.2. The molecule has 0 aliphatic carbocycles. The summed E-state index contributed by atoms with van der Waals surface area (Å²) < 4.78 is 0. The van der Waals surface area contributed by atoms with Crippen molar-refractivity contribution in [3.8, 4) is 0 Å². The van der Waals surface area contributed by atoms with Gasteiger partial charge in [0.25, 0.3) is 5.91 Å². The minimum absolute atomic E-state index is 0.0802. The first kappa shape index (κ1) is 14.3. The molecule has 0 atom stereocenters. The molecule has 0 bridgehead atoms. The molecule has 1 spiro atoms. The lowest BCUT2D eigenvalue weighted by Gasteiger charge is -2.36. The summed E-state index contributed by atoms with van der Waals surface area (Å²) in [6, 6.07) is 9.14. The van der Waals surface area contributed by atoms with Crippen LogP contribution in [0.1, 0.15) is 18.4 Å². The second-order valence-electron chi connectivity index (χ2n) is 5.56. The van der Waals surface area contributed by atoms with Crippen LogP contribution >= 0.6 is 0 Å². The summed E-state index contributed by atoms with van der Waals surface area (Å²) in [5, 5.41) is 4.94. The number of amides is 4. The van der Waals surface area contributed by atoms with E-state index in [4.69, 9.17) is 0 Å². The van der Waals surface area contributed by atoms with Crippen molar-refractivity contribution in [2.45, 2.75) is 18.4 Å². The number of likely N-dealkylation sites (tertiary alicyclic amines) is 1. The number of rotatable bonds is 2. The molecule has 1 aromatic carbocycles. The lowest BCUT2D eigenvalue weighted by molar-refractivity contribution is -0.132. The molecule has 3 rings (SSSR count). The second-order valence-corrected chi connectivity index (χ2v) is 5.56. The fourth-order valence-corrected chi connectivity index (χ4v) is 2.83. The van der Waals surface area contributed by atoms with Crippen LogP contribution in [0, 0.1) is 0 Å². The maximum absolute atomic E-state index is 12.2. The van der Waals surface area contributed by atoms with E-state index in [-0.39, 0.29) is 11.8 Å². The highest BCUT2D eigenvalue weighted by Gasteiger charge is 2.48. The third kappa shape index (κ3) is 2.72. The third-order valence-electron chi connectivity index (χ3n) is 4.16. The molecule has 2 fully saturated rings. The van der Waals surface area contributed by atoms with Crippen LogP contribution in [-0.2, 0) is 9.59 Å².